The number of nitrogens with zero attached hydrogens (tertiary/aromatic N) is 1. The lowest BCUT2D eigenvalue weighted by Gasteiger charge is -2.20. The van der Waals surface area contributed by atoms with Gasteiger partial charge in [0.2, 0.25) is 0 Å². The molecular weight excluding hydrogens is 330 g/mol. The normalized spacial score (nSPS) is 21.8. The first-order valence-electron chi connectivity index (χ1n) is 4.92. The highest BCUT2D eigenvalue weighted by molar-refractivity contribution is 9.10. The van der Waals surface area contributed by atoms with Crippen molar-refractivity contribution in [3.05, 3.63) is 15.9 Å². The Labute approximate surface area is 111 Å². The molecule has 1 atom stereocenters. The van der Waals surface area contributed by atoms with Gasteiger partial charge < -0.3 is 5.11 Å². The molecule has 0 amide bonds. The van der Waals surface area contributed by atoms with Crippen molar-refractivity contribution < 1.29 is 18.3 Å². The number of hydrogen-bond donors (Lipinski definition) is 1. The van der Waals surface area contributed by atoms with E-state index < -0.39 is 22.0 Å². The lowest BCUT2D eigenvalue weighted by atomic mass is 10.2. The van der Waals surface area contributed by atoms with Gasteiger partial charge in [-0.15, -0.1) is 11.3 Å². The van der Waals surface area contributed by atoms with Gasteiger partial charge in [0.15, 0.2) is 0 Å². The van der Waals surface area contributed by atoms with E-state index in [0.29, 0.717) is 17.3 Å². The van der Waals surface area contributed by atoms with Crippen LogP contribution >= 0.6 is 27.3 Å². The molecule has 2 heterocycles. The average molecular weight is 340 g/mol. The number of carboxylic acids is 1. The average Bonchev–Trinajstić information content (AvgIpc) is 2.84. The molecule has 1 aliphatic heterocycles. The van der Waals surface area contributed by atoms with E-state index in [2.05, 4.69) is 15.9 Å². The highest BCUT2D eigenvalue weighted by Crippen LogP contribution is 2.33. The summed E-state index contributed by atoms with van der Waals surface area (Å²) in [6.45, 7) is 0.268. The second kappa shape index (κ2) is 4.68. The summed E-state index contributed by atoms with van der Waals surface area (Å²) < 4.78 is 26.3. The minimum Gasteiger partial charge on any atom is -0.480 e. The predicted molar refractivity (Wildman–Crippen MR) is 66.6 cm³/mol. The maximum absolute atomic E-state index is 12.3. The van der Waals surface area contributed by atoms with Crippen LogP contribution in [0, 0.1) is 0 Å². The van der Waals surface area contributed by atoms with Crippen LogP contribution in [0.2, 0.25) is 0 Å². The van der Waals surface area contributed by atoms with Gasteiger partial charge in [0.1, 0.15) is 10.3 Å². The van der Waals surface area contributed by atoms with Gasteiger partial charge in [-0.2, -0.15) is 4.31 Å². The first-order chi connectivity index (χ1) is 7.94. The Kier molecular flexibility index (Phi) is 3.58. The summed E-state index contributed by atoms with van der Waals surface area (Å²) in [5, 5.41) is 10.7. The van der Waals surface area contributed by atoms with Gasteiger partial charge in [-0.05, 0) is 40.2 Å². The van der Waals surface area contributed by atoms with Crippen molar-refractivity contribution in [3.8, 4) is 0 Å². The molecule has 1 N–H and O–H groups in total. The molecule has 8 heteroatoms. The van der Waals surface area contributed by atoms with Crippen molar-refractivity contribution in [1.82, 2.24) is 4.31 Å². The van der Waals surface area contributed by atoms with Gasteiger partial charge in [0, 0.05) is 11.0 Å². The zero-order valence-electron chi connectivity index (χ0n) is 8.67. The van der Waals surface area contributed by atoms with E-state index in [1.807, 2.05) is 0 Å². The van der Waals surface area contributed by atoms with Crippen LogP contribution in [0.25, 0.3) is 0 Å². The molecule has 1 aromatic rings. The van der Waals surface area contributed by atoms with Crippen molar-refractivity contribution in [1.29, 1.82) is 0 Å². The summed E-state index contributed by atoms with van der Waals surface area (Å²) >= 11 is 4.25. The second-order valence-corrected chi connectivity index (χ2v) is 7.52. The van der Waals surface area contributed by atoms with Crippen LogP contribution in [0.3, 0.4) is 0 Å². The maximum atomic E-state index is 12.3. The minimum absolute atomic E-state index is 0.172. The number of aliphatic carboxylic acids is 1. The summed E-state index contributed by atoms with van der Waals surface area (Å²) in [4.78, 5) is 11.0. The van der Waals surface area contributed by atoms with E-state index >= 15 is 0 Å². The highest BCUT2D eigenvalue weighted by atomic mass is 79.9. The monoisotopic (exact) mass is 339 g/mol. The molecule has 0 radical (unpaired) electrons. The fraction of sp³-hybridized carbons (Fsp3) is 0.444. The second-order valence-electron chi connectivity index (χ2n) is 3.67. The van der Waals surface area contributed by atoms with Crippen LogP contribution in [0.15, 0.2) is 20.1 Å². The zero-order chi connectivity index (χ0) is 12.6. The Balaban J connectivity index is 2.40. The molecule has 0 aromatic carbocycles. The molecule has 17 heavy (non-hydrogen) atoms. The lowest BCUT2D eigenvalue weighted by Crippen LogP contribution is -2.40. The fourth-order valence-electron chi connectivity index (χ4n) is 1.85. The fourth-order valence-corrected chi connectivity index (χ4v) is 5.92. The van der Waals surface area contributed by atoms with Crippen LogP contribution in [-0.4, -0.2) is 36.4 Å². The Morgan fingerprint density at radius 3 is 2.82 bits per heavy atom. The Hall–Kier alpha value is -0.440. The summed E-state index contributed by atoms with van der Waals surface area (Å²) in [5.41, 5.74) is 0. The summed E-state index contributed by atoms with van der Waals surface area (Å²) in [5.74, 6) is -1.08. The summed E-state index contributed by atoms with van der Waals surface area (Å²) in [6.07, 6.45) is 0.955. The number of carbonyl (C=O) groups is 1. The number of thiophene rings is 1. The maximum Gasteiger partial charge on any atom is 0.322 e. The van der Waals surface area contributed by atoms with Crippen molar-refractivity contribution in [2.75, 3.05) is 6.54 Å². The number of carboxylic acid groups (broad SMARTS) is 1. The standard InChI is InChI=1S/C9H10BrNO4S2/c10-6-3-5-16-9(6)17(14,15)11-4-1-2-7(11)8(12)13/h3,5,7H,1-2,4H2,(H,12,13). The molecule has 94 valence electrons. The number of hydrogen-bond acceptors (Lipinski definition) is 4. The summed E-state index contributed by atoms with van der Waals surface area (Å²) in [6, 6.07) is 0.706. The Morgan fingerprint density at radius 1 is 1.59 bits per heavy atom. The molecule has 1 aromatic heterocycles. The SMILES string of the molecule is O=C(O)C1CCCN1S(=O)(=O)c1sccc1Br. The first kappa shape index (κ1) is 13.0. The van der Waals surface area contributed by atoms with Gasteiger partial charge in [0.25, 0.3) is 10.0 Å². The number of rotatable bonds is 3. The van der Waals surface area contributed by atoms with E-state index in [1.165, 1.54) is 0 Å². The van der Waals surface area contributed by atoms with E-state index in [-0.39, 0.29) is 10.8 Å². The van der Waals surface area contributed by atoms with Crippen LogP contribution < -0.4 is 0 Å². The van der Waals surface area contributed by atoms with Crippen LogP contribution in [0.1, 0.15) is 12.8 Å². The van der Waals surface area contributed by atoms with Gasteiger partial charge in [-0.25, -0.2) is 8.42 Å². The molecule has 2 rings (SSSR count). The van der Waals surface area contributed by atoms with E-state index in [4.69, 9.17) is 5.11 Å². The number of halogens is 1. The van der Waals surface area contributed by atoms with Crippen LogP contribution in [0.4, 0.5) is 0 Å². The molecule has 1 saturated heterocycles. The first-order valence-corrected chi connectivity index (χ1v) is 8.03. The Morgan fingerprint density at radius 2 is 2.29 bits per heavy atom. The van der Waals surface area contributed by atoms with E-state index in [1.54, 1.807) is 11.4 Å². The zero-order valence-corrected chi connectivity index (χ0v) is 11.9. The van der Waals surface area contributed by atoms with Crippen molar-refractivity contribution in [2.45, 2.75) is 23.1 Å². The molecule has 0 spiro atoms. The molecule has 1 unspecified atom stereocenters. The molecule has 0 bridgehead atoms. The smallest absolute Gasteiger partial charge is 0.322 e. The third-order valence-electron chi connectivity index (χ3n) is 2.62. The van der Waals surface area contributed by atoms with Gasteiger partial charge in [-0.1, -0.05) is 0 Å². The quantitative estimate of drug-likeness (QED) is 0.910. The molecule has 0 saturated carbocycles. The van der Waals surface area contributed by atoms with Crippen molar-refractivity contribution in [2.24, 2.45) is 0 Å². The summed E-state index contributed by atoms with van der Waals surface area (Å²) in [7, 11) is -3.70. The predicted octanol–water partition coefficient (Wildman–Crippen LogP) is 1.75. The molecular formula is C9H10BrNO4S2. The van der Waals surface area contributed by atoms with Crippen molar-refractivity contribution >= 4 is 43.3 Å². The highest BCUT2D eigenvalue weighted by Gasteiger charge is 2.40. The van der Waals surface area contributed by atoms with Crippen LogP contribution in [-0.2, 0) is 14.8 Å². The molecule has 1 aliphatic rings. The van der Waals surface area contributed by atoms with Crippen LogP contribution in [0.5, 0.6) is 0 Å². The Bertz CT molecular complexity index is 539. The minimum atomic E-state index is -3.70. The molecule has 5 nitrogen and oxygen atoms in total. The van der Waals surface area contributed by atoms with E-state index in [0.717, 1.165) is 15.6 Å². The third kappa shape index (κ3) is 2.26. The lowest BCUT2D eigenvalue weighted by molar-refractivity contribution is -0.140. The third-order valence-corrected chi connectivity index (χ3v) is 7.17. The van der Waals surface area contributed by atoms with Crippen molar-refractivity contribution in [3.63, 3.8) is 0 Å². The number of sulfonamides is 1. The topological polar surface area (TPSA) is 74.7 Å². The largest absolute Gasteiger partial charge is 0.480 e. The van der Waals surface area contributed by atoms with Gasteiger partial charge in [-0.3, -0.25) is 4.79 Å². The van der Waals surface area contributed by atoms with Gasteiger partial charge in [0.05, 0.1) is 0 Å². The molecule has 0 aliphatic carbocycles. The molecule has 1 fully saturated rings. The van der Waals surface area contributed by atoms with Gasteiger partial charge >= 0.3 is 5.97 Å². The van der Waals surface area contributed by atoms with E-state index in [9.17, 15) is 13.2 Å².